The van der Waals surface area contributed by atoms with E-state index in [-0.39, 0.29) is 5.12 Å². The Hall–Kier alpha value is -0.310. The van der Waals surface area contributed by atoms with Crippen molar-refractivity contribution in [2.75, 3.05) is 5.75 Å². The molecule has 7 heavy (non-hydrogen) atoms. The van der Waals surface area contributed by atoms with E-state index < -0.39 is 0 Å². The molecule has 0 amide bonds. The van der Waals surface area contributed by atoms with Gasteiger partial charge in [-0.15, -0.1) is 0 Å². The highest BCUT2D eigenvalue weighted by molar-refractivity contribution is 8.14. The van der Waals surface area contributed by atoms with E-state index in [0.29, 0.717) is 17.9 Å². The Morgan fingerprint density at radius 3 is 2.57 bits per heavy atom. The van der Waals surface area contributed by atoms with Crippen LogP contribution in [0.4, 0.5) is 0 Å². The van der Waals surface area contributed by atoms with Crippen LogP contribution >= 0.6 is 11.8 Å². The third kappa shape index (κ3) is 1.03. The number of carbonyl (C=O) groups excluding carboxylic acids is 1. The van der Waals surface area contributed by atoms with Gasteiger partial charge >= 0.3 is 0 Å². The Labute approximate surface area is 45.8 Å². The third-order valence-electron chi connectivity index (χ3n) is 0.765. The summed E-state index contributed by atoms with van der Waals surface area (Å²) < 4.78 is 0. The topological polar surface area (TPSA) is 40.9 Å². The minimum Gasteiger partial charge on any atom is -0.308 e. The summed E-state index contributed by atoms with van der Waals surface area (Å²) in [5.41, 5.74) is 0.565. The van der Waals surface area contributed by atoms with E-state index in [0.717, 1.165) is 0 Å². The van der Waals surface area contributed by atoms with E-state index in [1.165, 1.54) is 11.8 Å². The first-order valence-corrected chi connectivity index (χ1v) is 2.99. The molecule has 1 heterocycles. The lowest BCUT2D eigenvalue weighted by atomic mass is 10.3. The Bertz CT molecular complexity index is 107. The zero-order valence-electron chi connectivity index (χ0n) is 3.73. The molecule has 0 saturated carbocycles. The van der Waals surface area contributed by atoms with Gasteiger partial charge in [0.2, 0.25) is 0 Å². The zero-order valence-corrected chi connectivity index (χ0v) is 4.55. The van der Waals surface area contributed by atoms with Crippen molar-refractivity contribution >= 4 is 22.6 Å². The summed E-state index contributed by atoms with van der Waals surface area (Å²) in [5.74, 6) is 0.624. The number of hydrogen-bond acceptors (Lipinski definition) is 3. The fraction of sp³-hybridized carbons (Fsp3) is 0.500. The number of carbonyl (C=O) groups is 1. The molecule has 1 aliphatic heterocycles. The van der Waals surface area contributed by atoms with Crippen molar-refractivity contribution in [2.24, 2.45) is 0 Å². The van der Waals surface area contributed by atoms with Crippen LogP contribution in [0.25, 0.3) is 0 Å². The molecule has 0 bridgehead atoms. The monoisotopic (exact) mass is 115 g/mol. The molecule has 1 rings (SSSR count). The molecule has 1 saturated heterocycles. The second-order valence-electron chi connectivity index (χ2n) is 1.44. The van der Waals surface area contributed by atoms with Crippen molar-refractivity contribution < 1.29 is 4.79 Å². The van der Waals surface area contributed by atoms with E-state index in [1.54, 1.807) is 0 Å². The van der Waals surface area contributed by atoms with E-state index in [4.69, 9.17) is 5.41 Å². The van der Waals surface area contributed by atoms with Gasteiger partial charge in [0.05, 0.1) is 6.42 Å². The van der Waals surface area contributed by atoms with Crippen LogP contribution in [0.3, 0.4) is 0 Å². The molecule has 1 N–H and O–H groups in total. The molecular weight excluding hydrogens is 110 g/mol. The molecular formula is C4H5NOS. The average Bonchev–Trinajstić information content (AvgIpc) is 1.87. The smallest absolute Gasteiger partial charge is 0.194 e. The van der Waals surface area contributed by atoms with Gasteiger partial charge in [-0.05, 0) is 0 Å². The lowest BCUT2D eigenvalue weighted by molar-refractivity contribution is -0.109. The van der Waals surface area contributed by atoms with Crippen molar-refractivity contribution in [2.45, 2.75) is 6.42 Å². The van der Waals surface area contributed by atoms with Gasteiger partial charge in [-0.1, -0.05) is 11.8 Å². The zero-order chi connectivity index (χ0) is 5.28. The predicted molar refractivity (Wildman–Crippen MR) is 29.8 cm³/mol. The number of thioether (sulfide) groups is 1. The van der Waals surface area contributed by atoms with Crippen LogP contribution in [0.5, 0.6) is 0 Å². The van der Waals surface area contributed by atoms with Crippen LogP contribution in [-0.2, 0) is 4.79 Å². The molecule has 0 aromatic carbocycles. The fourth-order valence-corrected chi connectivity index (χ4v) is 1.16. The van der Waals surface area contributed by atoms with Crippen molar-refractivity contribution in [1.82, 2.24) is 0 Å². The summed E-state index contributed by atoms with van der Waals surface area (Å²) in [7, 11) is 0. The minimum absolute atomic E-state index is 0.144. The van der Waals surface area contributed by atoms with Gasteiger partial charge in [0, 0.05) is 11.5 Å². The average molecular weight is 115 g/mol. The molecule has 2 nitrogen and oxygen atoms in total. The molecule has 1 aliphatic rings. The molecule has 0 aromatic rings. The molecule has 0 spiro atoms. The van der Waals surface area contributed by atoms with Crippen LogP contribution in [-0.4, -0.2) is 16.6 Å². The molecule has 0 aromatic heterocycles. The van der Waals surface area contributed by atoms with Crippen molar-refractivity contribution in [1.29, 1.82) is 5.41 Å². The highest BCUT2D eigenvalue weighted by Crippen LogP contribution is 2.14. The quantitative estimate of drug-likeness (QED) is 0.504. The highest BCUT2D eigenvalue weighted by Gasteiger charge is 2.14. The second-order valence-corrected chi connectivity index (χ2v) is 2.47. The standard InChI is InChI=1S/C4H5NOS/c5-3-1-4(6)7-2-3/h5H,1-2H2. The van der Waals surface area contributed by atoms with Crippen molar-refractivity contribution in [3.05, 3.63) is 0 Å². The Morgan fingerprint density at radius 2 is 2.43 bits per heavy atom. The Morgan fingerprint density at radius 1 is 1.71 bits per heavy atom. The first kappa shape index (κ1) is 4.84. The number of nitrogens with one attached hydrogen (secondary N) is 1. The van der Waals surface area contributed by atoms with E-state index >= 15 is 0 Å². The van der Waals surface area contributed by atoms with Gasteiger partial charge in [-0.25, -0.2) is 0 Å². The Balaban J connectivity index is 2.55. The molecule has 0 atom stereocenters. The maximum Gasteiger partial charge on any atom is 0.194 e. The largest absolute Gasteiger partial charge is 0.308 e. The van der Waals surface area contributed by atoms with Crippen molar-refractivity contribution in [3.63, 3.8) is 0 Å². The van der Waals surface area contributed by atoms with Crippen molar-refractivity contribution in [3.8, 4) is 0 Å². The lowest BCUT2D eigenvalue weighted by Crippen LogP contribution is -1.90. The fourth-order valence-electron chi connectivity index (χ4n) is 0.444. The van der Waals surface area contributed by atoms with Crippen LogP contribution in [0.1, 0.15) is 6.42 Å². The first-order chi connectivity index (χ1) is 3.29. The molecule has 38 valence electrons. The predicted octanol–water partition coefficient (Wildman–Crippen LogP) is 0.670. The minimum atomic E-state index is 0.144. The third-order valence-corrected chi connectivity index (χ3v) is 1.72. The maximum atomic E-state index is 10.3. The summed E-state index contributed by atoms with van der Waals surface area (Å²) in [5, 5.41) is 7.08. The summed E-state index contributed by atoms with van der Waals surface area (Å²) in [6.45, 7) is 0. The number of hydrogen-bond donors (Lipinski definition) is 1. The van der Waals surface area contributed by atoms with E-state index in [1.807, 2.05) is 0 Å². The van der Waals surface area contributed by atoms with Gasteiger partial charge in [-0.2, -0.15) is 0 Å². The Kier molecular flexibility index (Phi) is 1.15. The van der Waals surface area contributed by atoms with Gasteiger partial charge in [0.15, 0.2) is 5.12 Å². The SMILES string of the molecule is N=C1CSC(=O)C1. The number of rotatable bonds is 0. The van der Waals surface area contributed by atoms with Gasteiger partial charge in [-0.3, -0.25) is 4.79 Å². The lowest BCUT2D eigenvalue weighted by Gasteiger charge is -1.74. The highest BCUT2D eigenvalue weighted by atomic mass is 32.2. The van der Waals surface area contributed by atoms with Gasteiger partial charge in [0.1, 0.15) is 0 Å². The molecule has 0 unspecified atom stereocenters. The first-order valence-electron chi connectivity index (χ1n) is 2.01. The molecule has 0 aliphatic carbocycles. The summed E-state index contributed by atoms with van der Waals surface area (Å²) in [4.78, 5) is 10.3. The van der Waals surface area contributed by atoms with Gasteiger partial charge in [0.25, 0.3) is 0 Å². The normalized spacial score (nSPS) is 21.1. The second kappa shape index (κ2) is 1.66. The van der Waals surface area contributed by atoms with Gasteiger partial charge < -0.3 is 5.41 Å². The van der Waals surface area contributed by atoms with Crippen LogP contribution in [0, 0.1) is 5.41 Å². The summed E-state index contributed by atoms with van der Waals surface area (Å²) in [6.07, 6.45) is 0.380. The molecule has 0 radical (unpaired) electrons. The summed E-state index contributed by atoms with van der Waals surface area (Å²) in [6, 6.07) is 0. The summed E-state index contributed by atoms with van der Waals surface area (Å²) >= 11 is 1.24. The van der Waals surface area contributed by atoms with Crippen LogP contribution in [0.2, 0.25) is 0 Å². The van der Waals surface area contributed by atoms with Crippen LogP contribution in [0.15, 0.2) is 0 Å². The molecule has 1 fully saturated rings. The van der Waals surface area contributed by atoms with E-state index in [9.17, 15) is 4.79 Å². The van der Waals surface area contributed by atoms with Crippen LogP contribution < -0.4 is 0 Å². The van der Waals surface area contributed by atoms with E-state index in [2.05, 4.69) is 0 Å². The molecule has 3 heteroatoms. The maximum absolute atomic E-state index is 10.3.